The van der Waals surface area contributed by atoms with Gasteiger partial charge in [-0.05, 0) is 107 Å². The minimum atomic E-state index is 0.0382. The summed E-state index contributed by atoms with van der Waals surface area (Å²) >= 11 is 0. The van der Waals surface area contributed by atoms with Gasteiger partial charge >= 0.3 is 0 Å². The molecule has 0 radical (unpaired) electrons. The Morgan fingerprint density at radius 3 is 1.91 bits per heavy atom. The predicted octanol–water partition coefficient (Wildman–Crippen LogP) is 12.4. The molecule has 0 N–H and O–H groups in total. The number of hydrogen-bond acceptors (Lipinski definition) is 3. The third-order valence-electron chi connectivity index (χ3n) is 11.2. The van der Waals surface area contributed by atoms with E-state index in [1.54, 1.807) is 0 Å². The zero-order chi connectivity index (χ0) is 37.7. The Kier molecular flexibility index (Phi) is 8.55. The van der Waals surface area contributed by atoms with Crippen molar-refractivity contribution in [3.05, 3.63) is 211 Å². The lowest BCUT2D eigenvalue weighted by atomic mass is 9.33. The van der Waals surface area contributed by atoms with Gasteiger partial charge in [0.2, 0.25) is 6.71 Å². The fourth-order valence-electron chi connectivity index (χ4n) is 8.54. The van der Waals surface area contributed by atoms with Gasteiger partial charge in [0, 0.05) is 50.9 Å². The Bertz CT molecular complexity index is 2610. The lowest BCUT2D eigenvalue weighted by molar-refractivity contribution is 0.590. The predicted molar refractivity (Wildman–Crippen MR) is 237 cm³/mol. The van der Waals surface area contributed by atoms with Gasteiger partial charge in [0.1, 0.15) is 0 Å². The molecule has 0 saturated carbocycles. The van der Waals surface area contributed by atoms with Gasteiger partial charge in [-0.15, -0.1) is 0 Å². The van der Waals surface area contributed by atoms with Crippen LogP contribution >= 0.6 is 0 Å². The van der Waals surface area contributed by atoms with Gasteiger partial charge in [0.25, 0.3) is 0 Å². The first-order valence-corrected chi connectivity index (χ1v) is 19.2. The highest BCUT2D eigenvalue weighted by Crippen LogP contribution is 2.45. The van der Waals surface area contributed by atoms with Crippen molar-refractivity contribution in [2.75, 3.05) is 14.7 Å². The molecule has 7 aromatic carbocycles. The summed E-state index contributed by atoms with van der Waals surface area (Å²) in [6.45, 7) is 13.7. The molecule has 0 bridgehead atoms. The van der Waals surface area contributed by atoms with Crippen molar-refractivity contribution in [3.8, 4) is 0 Å². The molecule has 9 rings (SSSR count). The smallest absolute Gasteiger partial charge is 0.247 e. The van der Waals surface area contributed by atoms with Gasteiger partial charge in [-0.3, -0.25) is 0 Å². The molecule has 0 aromatic heterocycles. The van der Waals surface area contributed by atoms with Gasteiger partial charge in [0.05, 0.1) is 5.69 Å². The number of hydrogen-bond donors (Lipinski definition) is 0. The second-order valence-electron chi connectivity index (χ2n) is 15.5. The SMILES string of the molecule is C=C/C(=C\C1=C(C)B2c3ccccc3N(c3ccccc3)c3cccc(c32)N1c1ccc(C(C)(C)C)cc1)N(c1ccccc1)c1cccc2ccccc12. The Morgan fingerprint density at radius 2 is 1.18 bits per heavy atom. The highest BCUT2D eigenvalue weighted by atomic mass is 15.2. The van der Waals surface area contributed by atoms with Crippen LogP contribution in [0.1, 0.15) is 33.3 Å². The summed E-state index contributed by atoms with van der Waals surface area (Å²) in [5, 5.41) is 2.38. The fourth-order valence-corrected chi connectivity index (χ4v) is 8.54. The highest BCUT2D eigenvalue weighted by Gasteiger charge is 2.42. The van der Waals surface area contributed by atoms with Crippen LogP contribution in [0.3, 0.4) is 0 Å². The zero-order valence-electron chi connectivity index (χ0n) is 31.9. The van der Waals surface area contributed by atoms with Crippen LogP contribution in [0.25, 0.3) is 10.8 Å². The summed E-state index contributed by atoms with van der Waals surface area (Å²) in [6, 6.07) is 61.5. The standard InChI is InChI=1S/C51H44BN3/c1-6-39(53(40-21-9-7-10-22-40)45-28-17-20-37-19-13-14-25-43(37)45)35-49-36(2)52-44-26-15-16-27-46(44)54(41-23-11-8-12-24-41)47-29-18-30-48(50(47)52)55(49)42-33-31-38(32-34-42)51(3,4)5/h6-35H,1H2,2-5H3/b39-35+. The molecule has 266 valence electrons. The second-order valence-corrected chi connectivity index (χ2v) is 15.5. The van der Waals surface area contributed by atoms with Crippen molar-refractivity contribution in [3.63, 3.8) is 0 Å². The third-order valence-corrected chi connectivity index (χ3v) is 11.2. The van der Waals surface area contributed by atoms with E-state index in [4.69, 9.17) is 0 Å². The normalized spacial score (nSPS) is 13.8. The maximum absolute atomic E-state index is 4.47. The lowest BCUT2D eigenvalue weighted by Crippen LogP contribution is -2.55. The number of fused-ring (bicyclic) bond motifs is 3. The van der Waals surface area contributed by atoms with Gasteiger partial charge in [-0.25, -0.2) is 0 Å². The largest absolute Gasteiger partial charge is 0.312 e. The third kappa shape index (κ3) is 5.86. The van der Waals surface area contributed by atoms with Gasteiger partial charge < -0.3 is 14.7 Å². The quantitative estimate of drug-likeness (QED) is 0.121. The van der Waals surface area contributed by atoms with Crippen LogP contribution in [0, 0.1) is 0 Å². The molecule has 0 unspecified atom stereocenters. The summed E-state index contributed by atoms with van der Waals surface area (Å²) < 4.78 is 0. The summed E-state index contributed by atoms with van der Waals surface area (Å²) in [7, 11) is 0. The molecule has 3 nitrogen and oxygen atoms in total. The van der Waals surface area contributed by atoms with Crippen molar-refractivity contribution in [2.45, 2.75) is 33.1 Å². The number of benzene rings is 7. The Labute approximate surface area is 325 Å². The first-order chi connectivity index (χ1) is 26.8. The number of para-hydroxylation sites is 3. The average Bonchev–Trinajstić information content (AvgIpc) is 3.22. The molecule has 4 heteroatoms. The molecule has 0 amide bonds. The molecule has 2 aliphatic heterocycles. The van der Waals surface area contributed by atoms with E-state index in [1.807, 2.05) is 6.08 Å². The van der Waals surface area contributed by atoms with Crippen molar-refractivity contribution < 1.29 is 0 Å². The van der Waals surface area contributed by atoms with E-state index >= 15 is 0 Å². The van der Waals surface area contributed by atoms with Crippen molar-refractivity contribution >= 4 is 68.2 Å². The van der Waals surface area contributed by atoms with Crippen LogP contribution < -0.4 is 25.6 Å². The maximum Gasteiger partial charge on any atom is 0.247 e. The van der Waals surface area contributed by atoms with E-state index in [1.165, 1.54) is 49.8 Å². The van der Waals surface area contributed by atoms with Gasteiger partial charge in [-0.1, -0.05) is 142 Å². The van der Waals surface area contributed by atoms with E-state index in [0.717, 1.165) is 34.1 Å². The molecule has 2 aliphatic rings. The lowest BCUT2D eigenvalue weighted by Gasteiger charge is -2.44. The minimum absolute atomic E-state index is 0.0382. The van der Waals surface area contributed by atoms with E-state index in [-0.39, 0.29) is 12.1 Å². The zero-order valence-corrected chi connectivity index (χ0v) is 31.9. The van der Waals surface area contributed by atoms with Gasteiger partial charge in [0.15, 0.2) is 0 Å². The van der Waals surface area contributed by atoms with E-state index in [0.29, 0.717) is 0 Å². The Balaban J connectivity index is 1.32. The number of allylic oxidation sites excluding steroid dienone is 3. The molecular formula is C51H44BN3. The molecule has 55 heavy (non-hydrogen) atoms. The van der Waals surface area contributed by atoms with Crippen molar-refractivity contribution in [2.24, 2.45) is 0 Å². The van der Waals surface area contributed by atoms with Crippen LogP contribution in [0.4, 0.5) is 39.8 Å². The van der Waals surface area contributed by atoms with Crippen LogP contribution in [-0.2, 0) is 5.41 Å². The van der Waals surface area contributed by atoms with Crippen LogP contribution in [0.15, 0.2) is 205 Å². The first-order valence-electron chi connectivity index (χ1n) is 19.2. The fraction of sp³-hybridized carbons (Fsp3) is 0.0980. The topological polar surface area (TPSA) is 9.72 Å². The molecule has 0 spiro atoms. The summed E-state index contributed by atoms with van der Waals surface area (Å²) in [5.74, 6) is 0. The Morgan fingerprint density at radius 1 is 0.600 bits per heavy atom. The van der Waals surface area contributed by atoms with E-state index in [2.05, 4.69) is 225 Å². The number of nitrogens with zero attached hydrogens (tertiary/aromatic N) is 3. The minimum Gasteiger partial charge on any atom is -0.312 e. The molecular weight excluding hydrogens is 665 g/mol. The monoisotopic (exact) mass is 709 g/mol. The molecule has 2 heterocycles. The molecule has 0 fully saturated rings. The molecule has 0 aliphatic carbocycles. The van der Waals surface area contributed by atoms with Crippen molar-refractivity contribution in [1.29, 1.82) is 0 Å². The van der Waals surface area contributed by atoms with E-state index < -0.39 is 0 Å². The van der Waals surface area contributed by atoms with Crippen molar-refractivity contribution in [1.82, 2.24) is 0 Å². The van der Waals surface area contributed by atoms with Crippen LogP contribution in [-0.4, -0.2) is 6.71 Å². The molecule has 0 saturated heterocycles. The summed E-state index contributed by atoms with van der Waals surface area (Å²) in [4.78, 5) is 7.27. The number of anilines is 7. The van der Waals surface area contributed by atoms with Gasteiger partial charge in [-0.2, -0.15) is 0 Å². The maximum atomic E-state index is 4.47. The van der Waals surface area contributed by atoms with Crippen LogP contribution in [0.2, 0.25) is 0 Å². The number of rotatable bonds is 7. The highest BCUT2D eigenvalue weighted by molar-refractivity contribution is 6.95. The summed E-state index contributed by atoms with van der Waals surface area (Å²) in [5.41, 5.74) is 15.4. The molecule has 0 atom stereocenters. The van der Waals surface area contributed by atoms with Crippen LogP contribution in [0.5, 0.6) is 0 Å². The average molecular weight is 710 g/mol. The summed E-state index contributed by atoms with van der Waals surface area (Å²) in [6.07, 6.45) is 4.37. The Hall–Kier alpha value is -6.52. The first kappa shape index (κ1) is 34.3. The van der Waals surface area contributed by atoms with E-state index in [9.17, 15) is 0 Å². The molecule has 7 aromatic rings. The second kappa shape index (κ2) is 13.7.